The number of benzene rings is 1. The average molecular weight is 214 g/mol. The molecule has 0 aliphatic heterocycles. The van der Waals surface area contributed by atoms with Gasteiger partial charge in [-0.2, -0.15) is 0 Å². The molecule has 16 heavy (non-hydrogen) atoms. The van der Waals surface area contributed by atoms with Crippen molar-refractivity contribution in [2.45, 2.75) is 19.3 Å². The number of Topliss-reactive ketones (excluding diaryl/α,β-unsaturated/α-hetero) is 1. The molecular formula is C14H14O2. The van der Waals surface area contributed by atoms with E-state index in [1.165, 1.54) is 5.56 Å². The summed E-state index contributed by atoms with van der Waals surface area (Å²) in [5, 5.41) is 0. The van der Waals surface area contributed by atoms with Crippen molar-refractivity contribution >= 4 is 5.78 Å². The van der Waals surface area contributed by atoms with Crippen LogP contribution in [0.2, 0.25) is 0 Å². The molecule has 1 heterocycles. The molecule has 1 aromatic carbocycles. The SMILES string of the molecule is O=C(CCc1ccccc1)Cc1ccco1. The monoisotopic (exact) mass is 214 g/mol. The zero-order valence-corrected chi connectivity index (χ0v) is 9.06. The summed E-state index contributed by atoms with van der Waals surface area (Å²) in [5.41, 5.74) is 1.20. The first-order chi connectivity index (χ1) is 7.84. The highest BCUT2D eigenvalue weighted by Gasteiger charge is 2.05. The highest BCUT2D eigenvalue weighted by Crippen LogP contribution is 2.07. The van der Waals surface area contributed by atoms with Gasteiger partial charge in [0.25, 0.3) is 0 Å². The first kappa shape index (κ1) is 10.7. The second kappa shape index (κ2) is 5.31. The van der Waals surface area contributed by atoms with Crippen LogP contribution in [0.4, 0.5) is 0 Å². The van der Waals surface area contributed by atoms with Gasteiger partial charge in [-0.1, -0.05) is 30.3 Å². The number of rotatable bonds is 5. The molecule has 1 aromatic heterocycles. The van der Waals surface area contributed by atoms with E-state index in [9.17, 15) is 4.79 Å². The number of carbonyl (C=O) groups is 1. The Hall–Kier alpha value is -1.83. The third-order valence-corrected chi connectivity index (χ3v) is 2.49. The summed E-state index contributed by atoms with van der Waals surface area (Å²) in [5.74, 6) is 0.969. The maximum atomic E-state index is 11.6. The molecule has 2 nitrogen and oxygen atoms in total. The predicted molar refractivity (Wildman–Crippen MR) is 62.2 cm³/mol. The second-order valence-corrected chi connectivity index (χ2v) is 3.78. The smallest absolute Gasteiger partial charge is 0.140 e. The van der Waals surface area contributed by atoms with Gasteiger partial charge in [0.1, 0.15) is 11.5 Å². The summed E-state index contributed by atoms with van der Waals surface area (Å²) in [4.78, 5) is 11.6. The molecule has 0 unspecified atom stereocenters. The van der Waals surface area contributed by atoms with E-state index >= 15 is 0 Å². The summed E-state index contributed by atoms with van der Waals surface area (Å²) in [6.07, 6.45) is 3.38. The lowest BCUT2D eigenvalue weighted by molar-refractivity contribution is -0.118. The Bertz CT molecular complexity index is 429. The van der Waals surface area contributed by atoms with Crippen LogP contribution in [0.25, 0.3) is 0 Å². The van der Waals surface area contributed by atoms with Crippen LogP contribution in [0.15, 0.2) is 53.1 Å². The van der Waals surface area contributed by atoms with E-state index in [2.05, 4.69) is 0 Å². The Morgan fingerprint density at radius 2 is 1.88 bits per heavy atom. The molecule has 0 N–H and O–H groups in total. The first-order valence-electron chi connectivity index (χ1n) is 5.42. The fourth-order valence-corrected chi connectivity index (χ4v) is 1.62. The molecule has 0 bridgehead atoms. The van der Waals surface area contributed by atoms with Gasteiger partial charge in [0.05, 0.1) is 12.7 Å². The van der Waals surface area contributed by atoms with Crippen molar-refractivity contribution in [3.63, 3.8) is 0 Å². The van der Waals surface area contributed by atoms with Gasteiger partial charge in [-0.3, -0.25) is 4.79 Å². The Labute approximate surface area is 94.9 Å². The highest BCUT2D eigenvalue weighted by atomic mass is 16.3. The lowest BCUT2D eigenvalue weighted by atomic mass is 10.1. The van der Waals surface area contributed by atoms with E-state index < -0.39 is 0 Å². The maximum absolute atomic E-state index is 11.6. The largest absolute Gasteiger partial charge is 0.469 e. The predicted octanol–water partition coefficient (Wildman–Crippen LogP) is 3.02. The number of furan rings is 1. The molecule has 2 rings (SSSR count). The van der Waals surface area contributed by atoms with Crippen LogP contribution in [0.3, 0.4) is 0 Å². The van der Waals surface area contributed by atoms with Crippen molar-refractivity contribution in [2.75, 3.05) is 0 Å². The molecule has 0 spiro atoms. The summed E-state index contributed by atoms with van der Waals surface area (Å²) < 4.78 is 5.14. The minimum Gasteiger partial charge on any atom is -0.469 e. The molecule has 0 saturated heterocycles. The van der Waals surface area contributed by atoms with E-state index in [1.54, 1.807) is 12.3 Å². The van der Waals surface area contributed by atoms with Crippen molar-refractivity contribution in [2.24, 2.45) is 0 Å². The topological polar surface area (TPSA) is 30.2 Å². The van der Waals surface area contributed by atoms with Crippen LogP contribution in [0.5, 0.6) is 0 Å². The van der Waals surface area contributed by atoms with E-state index in [0.29, 0.717) is 12.8 Å². The number of ketones is 1. The van der Waals surface area contributed by atoms with Crippen LogP contribution in [-0.4, -0.2) is 5.78 Å². The number of hydrogen-bond acceptors (Lipinski definition) is 2. The lowest BCUT2D eigenvalue weighted by Crippen LogP contribution is -2.03. The normalized spacial score (nSPS) is 10.2. The second-order valence-electron chi connectivity index (χ2n) is 3.78. The molecule has 2 aromatic rings. The Morgan fingerprint density at radius 1 is 1.06 bits per heavy atom. The number of aryl methyl sites for hydroxylation is 1. The van der Waals surface area contributed by atoms with Crippen molar-refractivity contribution in [3.05, 3.63) is 60.1 Å². The summed E-state index contributed by atoms with van der Waals surface area (Å²) in [7, 11) is 0. The van der Waals surface area contributed by atoms with Crippen molar-refractivity contribution < 1.29 is 9.21 Å². The van der Waals surface area contributed by atoms with Gasteiger partial charge in [0.2, 0.25) is 0 Å². The molecule has 82 valence electrons. The van der Waals surface area contributed by atoms with Gasteiger partial charge >= 0.3 is 0 Å². The Morgan fingerprint density at radius 3 is 2.56 bits per heavy atom. The van der Waals surface area contributed by atoms with Gasteiger partial charge < -0.3 is 4.42 Å². The average Bonchev–Trinajstić information content (AvgIpc) is 2.81. The summed E-state index contributed by atoms with van der Waals surface area (Å²) >= 11 is 0. The minimum absolute atomic E-state index is 0.221. The molecule has 2 heteroatoms. The van der Waals surface area contributed by atoms with Crippen molar-refractivity contribution in [3.8, 4) is 0 Å². The Kier molecular flexibility index (Phi) is 3.54. The highest BCUT2D eigenvalue weighted by molar-refractivity contribution is 5.80. The molecule has 0 amide bonds. The lowest BCUT2D eigenvalue weighted by Gasteiger charge is -1.99. The standard InChI is InChI=1S/C14H14O2/c15-13(11-14-7-4-10-16-14)9-8-12-5-2-1-3-6-12/h1-7,10H,8-9,11H2. The number of hydrogen-bond donors (Lipinski definition) is 0. The van der Waals surface area contributed by atoms with Crippen LogP contribution in [-0.2, 0) is 17.6 Å². The van der Waals surface area contributed by atoms with Crippen LogP contribution >= 0.6 is 0 Å². The summed E-state index contributed by atoms with van der Waals surface area (Å²) in [6.45, 7) is 0. The van der Waals surface area contributed by atoms with Crippen LogP contribution in [0, 0.1) is 0 Å². The Balaban J connectivity index is 1.80. The zero-order chi connectivity index (χ0) is 11.2. The van der Waals surface area contributed by atoms with Gasteiger partial charge in [-0.15, -0.1) is 0 Å². The van der Waals surface area contributed by atoms with Crippen molar-refractivity contribution in [1.82, 2.24) is 0 Å². The maximum Gasteiger partial charge on any atom is 0.140 e. The first-order valence-corrected chi connectivity index (χ1v) is 5.42. The van der Waals surface area contributed by atoms with E-state index in [1.807, 2.05) is 36.4 Å². The number of carbonyl (C=O) groups excluding carboxylic acids is 1. The molecule has 0 fully saturated rings. The molecule has 0 radical (unpaired) electrons. The van der Waals surface area contributed by atoms with Crippen LogP contribution < -0.4 is 0 Å². The summed E-state index contributed by atoms with van der Waals surface area (Å²) in [6, 6.07) is 13.7. The third kappa shape index (κ3) is 3.09. The molecule has 0 aliphatic carbocycles. The van der Waals surface area contributed by atoms with Crippen molar-refractivity contribution in [1.29, 1.82) is 0 Å². The van der Waals surface area contributed by atoms with Gasteiger partial charge in [-0.25, -0.2) is 0 Å². The van der Waals surface area contributed by atoms with Gasteiger partial charge in [-0.05, 0) is 24.1 Å². The van der Waals surface area contributed by atoms with Gasteiger partial charge in [0, 0.05) is 6.42 Å². The molecular weight excluding hydrogens is 200 g/mol. The molecule has 0 atom stereocenters. The fraction of sp³-hybridized carbons (Fsp3) is 0.214. The minimum atomic E-state index is 0.221. The third-order valence-electron chi connectivity index (χ3n) is 2.49. The van der Waals surface area contributed by atoms with Crippen LogP contribution in [0.1, 0.15) is 17.7 Å². The fourth-order valence-electron chi connectivity index (χ4n) is 1.62. The van der Waals surface area contributed by atoms with E-state index in [-0.39, 0.29) is 5.78 Å². The van der Waals surface area contributed by atoms with E-state index in [4.69, 9.17) is 4.42 Å². The molecule has 0 saturated carbocycles. The zero-order valence-electron chi connectivity index (χ0n) is 9.06. The molecule has 0 aliphatic rings. The quantitative estimate of drug-likeness (QED) is 0.765. The van der Waals surface area contributed by atoms with Gasteiger partial charge in [0.15, 0.2) is 0 Å². The van der Waals surface area contributed by atoms with E-state index in [0.717, 1.165) is 12.2 Å².